The molecular weight excluding hydrogens is 212 g/mol. The molecule has 0 saturated heterocycles. The predicted molar refractivity (Wildman–Crippen MR) is 69.9 cm³/mol. The average molecular weight is 230 g/mol. The van der Waals surface area contributed by atoms with E-state index < -0.39 is 6.04 Å². The first-order chi connectivity index (χ1) is 8.20. The summed E-state index contributed by atoms with van der Waals surface area (Å²) in [4.78, 5) is 11.7. The van der Waals surface area contributed by atoms with E-state index in [4.69, 9.17) is 5.73 Å². The Morgan fingerprint density at radius 1 is 1.47 bits per heavy atom. The lowest BCUT2D eigenvalue weighted by Crippen LogP contribution is -2.35. The Morgan fingerprint density at radius 3 is 3.00 bits per heavy atom. The molecule has 1 aromatic carbocycles. The third kappa shape index (κ3) is 2.74. The highest BCUT2D eigenvalue weighted by molar-refractivity contribution is 5.94. The van der Waals surface area contributed by atoms with Crippen LogP contribution in [-0.4, -0.2) is 11.9 Å². The number of hydrogen-bond acceptors (Lipinski definition) is 2. The van der Waals surface area contributed by atoms with Crippen LogP contribution < -0.4 is 11.1 Å². The SMILES string of the molecule is C=CCC(N)C(=O)Nc1ccc2c(c1)CCC2. The van der Waals surface area contributed by atoms with Crippen LogP contribution >= 0.6 is 0 Å². The number of aryl methyl sites for hydroxylation is 2. The highest BCUT2D eigenvalue weighted by atomic mass is 16.2. The van der Waals surface area contributed by atoms with E-state index in [1.165, 1.54) is 17.5 Å². The van der Waals surface area contributed by atoms with Gasteiger partial charge in [0.2, 0.25) is 5.91 Å². The Kier molecular flexibility index (Phi) is 3.59. The first-order valence-corrected chi connectivity index (χ1v) is 6.00. The van der Waals surface area contributed by atoms with Gasteiger partial charge in [0, 0.05) is 5.69 Å². The van der Waals surface area contributed by atoms with Gasteiger partial charge in [0.1, 0.15) is 0 Å². The van der Waals surface area contributed by atoms with Gasteiger partial charge in [0.15, 0.2) is 0 Å². The van der Waals surface area contributed by atoms with Crippen LogP contribution in [0.5, 0.6) is 0 Å². The minimum atomic E-state index is -0.513. The maximum absolute atomic E-state index is 11.7. The second kappa shape index (κ2) is 5.15. The second-order valence-electron chi connectivity index (χ2n) is 4.46. The zero-order chi connectivity index (χ0) is 12.3. The third-order valence-electron chi connectivity index (χ3n) is 3.12. The van der Waals surface area contributed by atoms with Crippen LogP contribution in [0.3, 0.4) is 0 Å². The number of nitrogens with one attached hydrogen (secondary N) is 1. The van der Waals surface area contributed by atoms with Crippen molar-refractivity contribution in [3.63, 3.8) is 0 Å². The van der Waals surface area contributed by atoms with Crippen LogP contribution in [0, 0.1) is 0 Å². The largest absolute Gasteiger partial charge is 0.325 e. The maximum Gasteiger partial charge on any atom is 0.241 e. The minimum absolute atomic E-state index is 0.150. The van der Waals surface area contributed by atoms with Crippen molar-refractivity contribution in [1.29, 1.82) is 0 Å². The smallest absolute Gasteiger partial charge is 0.241 e. The molecular formula is C14H18N2O. The Labute approximate surface area is 102 Å². The highest BCUT2D eigenvalue weighted by Gasteiger charge is 2.14. The van der Waals surface area contributed by atoms with Crippen molar-refractivity contribution in [2.24, 2.45) is 5.73 Å². The van der Waals surface area contributed by atoms with E-state index in [1.54, 1.807) is 6.08 Å². The molecule has 1 aromatic rings. The number of amides is 1. The summed E-state index contributed by atoms with van der Waals surface area (Å²) >= 11 is 0. The lowest BCUT2D eigenvalue weighted by atomic mass is 10.1. The predicted octanol–water partition coefficient (Wildman–Crippen LogP) is 2.02. The summed E-state index contributed by atoms with van der Waals surface area (Å²) in [5.41, 5.74) is 9.30. The molecule has 2 rings (SSSR count). The van der Waals surface area contributed by atoms with Gasteiger partial charge in [0.05, 0.1) is 6.04 Å². The summed E-state index contributed by atoms with van der Waals surface area (Å²) < 4.78 is 0. The Balaban J connectivity index is 2.04. The van der Waals surface area contributed by atoms with E-state index in [0.29, 0.717) is 6.42 Å². The summed E-state index contributed by atoms with van der Waals surface area (Å²) in [6, 6.07) is 5.58. The molecule has 1 amide bonds. The number of carbonyl (C=O) groups excluding carboxylic acids is 1. The topological polar surface area (TPSA) is 55.1 Å². The van der Waals surface area contributed by atoms with Crippen molar-refractivity contribution >= 4 is 11.6 Å². The van der Waals surface area contributed by atoms with Crippen LogP contribution in [0.25, 0.3) is 0 Å². The number of benzene rings is 1. The van der Waals surface area contributed by atoms with Gasteiger partial charge in [-0.3, -0.25) is 4.79 Å². The molecule has 0 saturated carbocycles. The molecule has 1 atom stereocenters. The Morgan fingerprint density at radius 2 is 2.24 bits per heavy atom. The van der Waals surface area contributed by atoms with E-state index in [9.17, 15) is 4.79 Å². The van der Waals surface area contributed by atoms with Crippen molar-refractivity contribution in [3.05, 3.63) is 42.0 Å². The molecule has 0 heterocycles. The fourth-order valence-electron chi connectivity index (χ4n) is 2.17. The van der Waals surface area contributed by atoms with Crippen LogP contribution in [0.2, 0.25) is 0 Å². The molecule has 3 N–H and O–H groups in total. The van der Waals surface area contributed by atoms with Crippen LogP contribution in [0.1, 0.15) is 24.0 Å². The molecule has 0 bridgehead atoms. The van der Waals surface area contributed by atoms with Crippen molar-refractivity contribution in [2.75, 3.05) is 5.32 Å². The fraction of sp³-hybridized carbons (Fsp3) is 0.357. The Hall–Kier alpha value is -1.61. The van der Waals surface area contributed by atoms with E-state index in [-0.39, 0.29) is 5.91 Å². The van der Waals surface area contributed by atoms with E-state index in [0.717, 1.165) is 18.5 Å². The summed E-state index contributed by atoms with van der Waals surface area (Å²) in [7, 11) is 0. The number of rotatable bonds is 4. The van der Waals surface area contributed by atoms with Crippen LogP contribution in [0.4, 0.5) is 5.69 Å². The molecule has 0 aromatic heterocycles. The van der Waals surface area contributed by atoms with Crippen molar-refractivity contribution < 1.29 is 4.79 Å². The van der Waals surface area contributed by atoms with Gasteiger partial charge in [-0.2, -0.15) is 0 Å². The first-order valence-electron chi connectivity index (χ1n) is 6.00. The van der Waals surface area contributed by atoms with Crippen molar-refractivity contribution in [1.82, 2.24) is 0 Å². The van der Waals surface area contributed by atoms with Crippen LogP contribution in [0.15, 0.2) is 30.9 Å². The molecule has 0 spiro atoms. The minimum Gasteiger partial charge on any atom is -0.325 e. The van der Waals surface area contributed by atoms with Gasteiger partial charge in [0.25, 0.3) is 0 Å². The molecule has 17 heavy (non-hydrogen) atoms. The van der Waals surface area contributed by atoms with E-state index in [1.807, 2.05) is 6.07 Å². The number of nitrogens with two attached hydrogens (primary N) is 1. The summed E-state index contributed by atoms with van der Waals surface area (Å²) in [6.45, 7) is 3.58. The van der Waals surface area contributed by atoms with E-state index >= 15 is 0 Å². The van der Waals surface area contributed by atoms with Gasteiger partial charge < -0.3 is 11.1 Å². The normalized spacial score (nSPS) is 15.1. The maximum atomic E-state index is 11.7. The molecule has 0 aliphatic heterocycles. The molecule has 3 nitrogen and oxygen atoms in total. The lowest BCUT2D eigenvalue weighted by Gasteiger charge is -2.11. The average Bonchev–Trinajstić information content (AvgIpc) is 2.76. The number of anilines is 1. The Bertz CT molecular complexity index is 440. The molecule has 3 heteroatoms. The zero-order valence-corrected chi connectivity index (χ0v) is 9.91. The lowest BCUT2D eigenvalue weighted by molar-refractivity contribution is -0.117. The van der Waals surface area contributed by atoms with Crippen molar-refractivity contribution in [3.8, 4) is 0 Å². The summed E-state index contributed by atoms with van der Waals surface area (Å²) in [5, 5.41) is 2.84. The first kappa shape index (κ1) is 11.9. The second-order valence-corrected chi connectivity index (χ2v) is 4.46. The number of fused-ring (bicyclic) bond motifs is 1. The van der Waals surface area contributed by atoms with Gasteiger partial charge in [-0.1, -0.05) is 12.1 Å². The molecule has 0 fully saturated rings. The highest BCUT2D eigenvalue weighted by Crippen LogP contribution is 2.24. The van der Waals surface area contributed by atoms with E-state index in [2.05, 4.69) is 24.0 Å². The molecule has 1 aliphatic carbocycles. The molecule has 90 valence electrons. The van der Waals surface area contributed by atoms with Gasteiger partial charge in [-0.25, -0.2) is 0 Å². The number of carbonyl (C=O) groups is 1. The fourth-order valence-corrected chi connectivity index (χ4v) is 2.17. The third-order valence-corrected chi connectivity index (χ3v) is 3.12. The number of hydrogen-bond donors (Lipinski definition) is 2. The molecule has 1 aliphatic rings. The monoisotopic (exact) mass is 230 g/mol. The molecule has 0 radical (unpaired) electrons. The summed E-state index contributed by atoms with van der Waals surface area (Å²) in [5.74, 6) is -0.150. The van der Waals surface area contributed by atoms with Gasteiger partial charge in [-0.05, 0) is 48.9 Å². The van der Waals surface area contributed by atoms with Gasteiger partial charge in [-0.15, -0.1) is 6.58 Å². The molecule has 1 unspecified atom stereocenters. The van der Waals surface area contributed by atoms with Crippen molar-refractivity contribution in [2.45, 2.75) is 31.7 Å². The standard InChI is InChI=1S/C14H18N2O/c1-2-4-13(15)14(17)16-12-8-7-10-5-3-6-11(10)9-12/h2,7-9,13H,1,3-6,15H2,(H,16,17). The summed E-state index contributed by atoms with van der Waals surface area (Å²) in [6.07, 6.45) is 5.63. The quantitative estimate of drug-likeness (QED) is 0.777. The van der Waals surface area contributed by atoms with Crippen LogP contribution in [-0.2, 0) is 17.6 Å². The zero-order valence-electron chi connectivity index (χ0n) is 9.91. The van der Waals surface area contributed by atoms with Gasteiger partial charge >= 0.3 is 0 Å².